The molecular weight excluding hydrogens is 436 g/mol. The monoisotopic (exact) mass is 459 g/mol. The quantitative estimate of drug-likeness (QED) is 0.326. The summed E-state index contributed by atoms with van der Waals surface area (Å²) in [5, 5.41) is 25.6. The molecule has 0 aliphatic rings. The number of nitriles is 1. The Balaban J connectivity index is 1.62. The van der Waals surface area contributed by atoms with Gasteiger partial charge in [0.05, 0.1) is 29.2 Å². The molecule has 0 saturated heterocycles. The number of nitrogens with zero attached hydrogens (tertiary/aromatic N) is 4. The van der Waals surface area contributed by atoms with Crippen LogP contribution in [-0.4, -0.2) is 14.2 Å². The van der Waals surface area contributed by atoms with E-state index in [1.807, 2.05) is 53.0 Å². The summed E-state index contributed by atoms with van der Waals surface area (Å²) in [6.07, 6.45) is 3.73. The lowest BCUT2D eigenvalue weighted by Gasteiger charge is -2.16. The fourth-order valence-corrected chi connectivity index (χ4v) is 4.52. The fourth-order valence-electron chi connectivity index (χ4n) is 4.52. The van der Waals surface area contributed by atoms with Crippen LogP contribution in [0.5, 0.6) is 5.75 Å². The summed E-state index contributed by atoms with van der Waals surface area (Å²) in [7, 11) is 0. The van der Waals surface area contributed by atoms with Crippen LogP contribution in [0.2, 0.25) is 0 Å². The molecule has 2 heterocycles. The molecule has 35 heavy (non-hydrogen) atoms. The second-order valence-electron chi connectivity index (χ2n) is 8.44. The van der Waals surface area contributed by atoms with Gasteiger partial charge in [-0.05, 0) is 53.4 Å². The number of aryl methyl sites for hydroxylation is 1. The van der Waals surface area contributed by atoms with E-state index < -0.39 is 0 Å². The molecule has 171 valence electrons. The molecule has 0 bridgehead atoms. The van der Waals surface area contributed by atoms with E-state index in [1.165, 1.54) is 12.1 Å². The van der Waals surface area contributed by atoms with Crippen molar-refractivity contribution >= 4 is 5.65 Å². The Morgan fingerprint density at radius 2 is 1.69 bits per heavy atom. The summed E-state index contributed by atoms with van der Waals surface area (Å²) in [5.41, 5.74) is 6.23. The van der Waals surface area contributed by atoms with Crippen molar-refractivity contribution in [3.05, 3.63) is 118 Å². The average molecular weight is 460 g/mol. The van der Waals surface area contributed by atoms with Crippen molar-refractivity contribution in [2.24, 2.45) is 0 Å². The first-order chi connectivity index (χ1) is 17.1. The van der Waals surface area contributed by atoms with Crippen LogP contribution in [-0.2, 0) is 17.9 Å². The predicted octanol–water partition coefficient (Wildman–Crippen LogP) is 5.71. The Morgan fingerprint density at radius 3 is 2.40 bits per heavy atom. The van der Waals surface area contributed by atoms with Crippen molar-refractivity contribution in [2.45, 2.75) is 26.2 Å². The van der Waals surface area contributed by atoms with E-state index in [2.05, 4.69) is 18.1 Å². The molecule has 0 aliphatic carbocycles. The molecule has 0 atom stereocenters. The maximum atomic E-state index is 13.8. The maximum Gasteiger partial charge on any atom is 0.262 e. The highest BCUT2D eigenvalue weighted by atomic mass is 16.3. The summed E-state index contributed by atoms with van der Waals surface area (Å²) in [4.78, 5) is 13.8. The van der Waals surface area contributed by atoms with Gasteiger partial charge in [0.2, 0.25) is 0 Å². The minimum Gasteiger partial charge on any atom is -0.290 e. The predicted molar refractivity (Wildman–Crippen MR) is 134 cm³/mol. The van der Waals surface area contributed by atoms with Crippen molar-refractivity contribution in [2.75, 3.05) is 0 Å². The molecule has 0 N–H and O–H groups in total. The highest BCUT2D eigenvalue weighted by molar-refractivity contribution is 5.70. The van der Waals surface area contributed by atoms with Crippen LogP contribution in [0.15, 0.2) is 89.9 Å². The topological polar surface area (TPSA) is 83.0 Å². The van der Waals surface area contributed by atoms with Gasteiger partial charge < -0.3 is 0 Å². The second kappa shape index (κ2) is 9.32. The molecule has 0 spiro atoms. The Morgan fingerprint density at radius 1 is 0.943 bits per heavy atom. The van der Waals surface area contributed by atoms with Gasteiger partial charge in [-0.2, -0.15) is 10.4 Å². The van der Waals surface area contributed by atoms with Crippen LogP contribution in [0.25, 0.3) is 22.5 Å². The summed E-state index contributed by atoms with van der Waals surface area (Å²) in [6.45, 7) is 2.08. The van der Waals surface area contributed by atoms with Gasteiger partial charge in [-0.3, -0.25) is 14.5 Å². The molecule has 0 saturated carbocycles. The van der Waals surface area contributed by atoms with E-state index in [0.717, 1.165) is 35.2 Å². The SMILES string of the molecule is CCCc1c(Cc2ccc(-c3ccccc3C#N)cc2)c(=O)n(-c2ccc([O])cc2)c2ccnn12. The number of rotatable bonds is 6. The van der Waals surface area contributed by atoms with E-state index in [0.29, 0.717) is 28.9 Å². The first-order valence-corrected chi connectivity index (χ1v) is 11.6. The molecule has 0 amide bonds. The van der Waals surface area contributed by atoms with Crippen LogP contribution in [0, 0.1) is 11.3 Å². The van der Waals surface area contributed by atoms with Crippen LogP contribution in [0.3, 0.4) is 0 Å². The second-order valence-corrected chi connectivity index (χ2v) is 8.44. The Labute approximate surface area is 203 Å². The molecular formula is C29H23N4O2. The third-order valence-electron chi connectivity index (χ3n) is 6.19. The zero-order chi connectivity index (χ0) is 24.4. The summed E-state index contributed by atoms with van der Waals surface area (Å²) in [6, 6.07) is 25.8. The highest BCUT2D eigenvalue weighted by Crippen LogP contribution is 2.25. The van der Waals surface area contributed by atoms with Crippen molar-refractivity contribution < 1.29 is 5.11 Å². The fraction of sp³-hybridized carbons (Fsp3) is 0.138. The average Bonchev–Trinajstić information content (AvgIpc) is 3.37. The number of hydrogen-bond acceptors (Lipinski definition) is 3. The van der Waals surface area contributed by atoms with E-state index in [4.69, 9.17) is 0 Å². The van der Waals surface area contributed by atoms with Gasteiger partial charge >= 0.3 is 0 Å². The smallest absolute Gasteiger partial charge is 0.262 e. The van der Waals surface area contributed by atoms with Crippen LogP contribution in [0.1, 0.15) is 35.7 Å². The maximum absolute atomic E-state index is 13.8. The van der Waals surface area contributed by atoms with Crippen molar-refractivity contribution in [1.82, 2.24) is 14.2 Å². The lowest BCUT2D eigenvalue weighted by atomic mass is 9.97. The molecule has 0 fully saturated rings. The van der Waals surface area contributed by atoms with Crippen molar-refractivity contribution in [3.63, 3.8) is 0 Å². The van der Waals surface area contributed by atoms with Gasteiger partial charge in [0.1, 0.15) is 5.65 Å². The molecule has 0 unspecified atom stereocenters. The highest BCUT2D eigenvalue weighted by Gasteiger charge is 2.19. The van der Waals surface area contributed by atoms with Crippen LogP contribution < -0.4 is 5.56 Å². The lowest BCUT2D eigenvalue weighted by molar-refractivity contribution is 0.355. The zero-order valence-corrected chi connectivity index (χ0v) is 19.3. The third kappa shape index (κ3) is 4.09. The van der Waals surface area contributed by atoms with Gasteiger partial charge in [0, 0.05) is 18.1 Å². The van der Waals surface area contributed by atoms with Gasteiger partial charge in [-0.1, -0.05) is 55.8 Å². The first kappa shape index (κ1) is 22.2. The molecule has 1 radical (unpaired) electrons. The molecule has 2 aromatic heterocycles. The molecule has 6 nitrogen and oxygen atoms in total. The Hall–Kier alpha value is -4.63. The van der Waals surface area contributed by atoms with Gasteiger partial charge in [-0.15, -0.1) is 0 Å². The molecule has 0 aliphatic heterocycles. The van der Waals surface area contributed by atoms with Gasteiger partial charge in [0.15, 0.2) is 5.75 Å². The van der Waals surface area contributed by atoms with E-state index in [1.54, 1.807) is 29.0 Å². The third-order valence-corrected chi connectivity index (χ3v) is 6.19. The normalized spacial score (nSPS) is 11.0. The Bertz CT molecular complexity index is 1600. The summed E-state index contributed by atoms with van der Waals surface area (Å²) in [5.74, 6) is -0.104. The number of fused-ring (bicyclic) bond motifs is 1. The zero-order valence-electron chi connectivity index (χ0n) is 19.3. The summed E-state index contributed by atoms with van der Waals surface area (Å²) < 4.78 is 3.46. The first-order valence-electron chi connectivity index (χ1n) is 11.6. The Kier molecular flexibility index (Phi) is 5.90. The molecule has 6 heteroatoms. The standard InChI is InChI=1S/C29H23N4O2/c1-2-5-27-26(18-20-8-10-21(11-9-20)25-7-4-3-6-22(25)19-30)29(35)32(28-16-17-31-33(27)28)23-12-14-24(34)15-13-23/h3-4,6-17H,2,5,18H2,1H3. The van der Waals surface area contributed by atoms with E-state index in [-0.39, 0.29) is 11.3 Å². The van der Waals surface area contributed by atoms with E-state index in [9.17, 15) is 15.2 Å². The van der Waals surface area contributed by atoms with Gasteiger partial charge in [-0.25, -0.2) is 4.52 Å². The minimum absolute atomic E-state index is 0.104. The van der Waals surface area contributed by atoms with Gasteiger partial charge in [0.25, 0.3) is 5.56 Å². The van der Waals surface area contributed by atoms with Crippen molar-refractivity contribution in [1.29, 1.82) is 5.26 Å². The minimum atomic E-state index is -0.112. The molecule has 3 aromatic carbocycles. The van der Waals surface area contributed by atoms with Crippen LogP contribution in [0.4, 0.5) is 0 Å². The largest absolute Gasteiger partial charge is 0.290 e. The number of aromatic nitrogens is 3. The number of benzene rings is 3. The summed E-state index contributed by atoms with van der Waals surface area (Å²) >= 11 is 0. The number of hydrogen-bond donors (Lipinski definition) is 0. The molecule has 5 aromatic rings. The molecule has 5 rings (SSSR count). The van der Waals surface area contributed by atoms with Crippen LogP contribution >= 0.6 is 0 Å². The van der Waals surface area contributed by atoms with Crippen molar-refractivity contribution in [3.8, 4) is 28.6 Å². The van der Waals surface area contributed by atoms with E-state index >= 15 is 0 Å². The lowest BCUT2D eigenvalue weighted by Crippen LogP contribution is -2.28.